The van der Waals surface area contributed by atoms with E-state index in [1.165, 1.54) is 49.5 Å². The molecule has 2 heterocycles. The molecule has 34 heavy (non-hydrogen) atoms. The van der Waals surface area contributed by atoms with Crippen LogP contribution in [0.2, 0.25) is 10.0 Å². The van der Waals surface area contributed by atoms with Crippen LogP contribution in [0.25, 0.3) is 0 Å². The van der Waals surface area contributed by atoms with E-state index in [9.17, 15) is 13.6 Å². The summed E-state index contributed by atoms with van der Waals surface area (Å²) in [6.45, 7) is 7.84. The van der Waals surface area contributed by atoms with E-state index in [-0.39, 0.29) is 16.1 Å². The first-order chi connectivity index (χ1) is 16.2. The van der Waals surface area contributed by atoms with Crippen molar-refractivity contribution in [2.24, 2.45) is 0 Å². The molecule has 0 radical (unpaired) electrons. The van der Waals surface area contributed by atoms with Crippen LogP contribution < -0.4 is 16.4 Å². The van der Waals surface area contributed by atoms with E-state index in [1.54, 1.807) is 4.90 Å². The van der Waals surface area contributed by atoms with Crippen LogP contribution in [0.3, 0.4) is 0 Å². The Bertz CT molecular complexity index is 922. The predicted molar refractivity (Wildman–Crippen MR) is 136 cm³/mol. The molecule has 2 aromatic rings. The standard InChI is InChI=1S/C12H15ClFN3O.C6H5ClFN.C5H12N2/c1-16-4-6-17(7-5-16)12(18)15-9-2-3-11(14)10(13)8-9;7-5-3-4(9)1-2-6(5)8;1-7-4-2-6-3-5-7/h2-3,8H,4-7H2,1H3,(H,15,18);1-3H,9H2;6H,2-5H2,1H3. The van der Waals surface area contributed by atoms with E-state index in [0.29, 0.717) is 24.5 Å². The van der Waals surface area contributed by atoms with E-state index in [4.69, 9.17) is 28.9 Å². The van der Waals surface area contributed by atoms with E-state index in [1.807, 2.05) is 7.05 Å². The van der Waals surface area contributed by atoms with Crippen LogP contribution in [0.4, 0.5) is 25.0 Å². The number of piperazine rings is 2. The minimum Gasteiger partial charge on any atom is -0.399 e. The van der Waals surface area contributed by atoms with Crippen molar-refractivity contribution < 1.29 is 13.6 Å². The number of likely N-dealkylation sites (N-methyl/N-ethyl adjacent to an activating group) is 2. The zero-order chi connectivity index (χ0) is 25.1. The summed E-state index contributed by atoms with van der Waals surface area (Å²) in [5.41, 5.74) is 6.25. The van der Waals surface area contributed by atoms with Crippen molar-refractivity contribution in [3.05, 3.63) is 58.1 Å². The number of hydrogen-bond donors (Lipinski definition) is 3. The zero-order valence-electron chi connectivity index (χ0n) is 19.5. The summed E-state index contributed by atoms with van der Waals surface area (Å²) in [6.07, 6.45) is 0. The molecule has 0 bridgehead atoms. The summed E-state index contributed by atoms with van der Waals surface area (Å²) in [7, 11) is 4.18. The normalized spacial score (nSPS) is 16.6. The quantitative estimate of drug-likeness (QED) is 0.502. The Balaban J connectivity index is 0.000000211. The molecule has 2 aliphatic rings. The molecule has 2 aliphatic heterocycles. The summed E-state index contributed by atoms with van der Waals surface area (Å²) in [5.74, 6) is -0.930. The van der Waals surface area contributed by atoms with Crippen LogP contribution in [-0.4, -0.2) is 87.2 Å². The third-order valence-corrected chi connectivity index (χ3v) is 5.82. The van der Waals surface area contributed by atoms with E-state index in [0.717, 1.165) is 26.2 Å². The summed E-state index contributed by atoms with van der Waals surface area (Å²) in [5, 5.41) is 6.06. The van der Waals surface area contributed by atoms with Gasteiger partial charge >= 0.3 is 6.03 Å². The Morgan fingerprint density at radius 3 is 1.88 bits per heavy atom. The molecule has 188 valence electrons. The maximum atomic E-state index is 13.0. The smallest absolute Gasteiger partial charge is 0.321 e. The van der Waals surface area contributed by atoms with Crippen LogP contribution >= 0.6 is 23.2 Å². The molecule has 7 nitrogen and oxygen atoms in total. The van der Waals surface area contributed by atoms with Crippen molar-refractivity contribution in [2.45, 2.75) is 0 Å². The maximum absolute atomic E-state index is 13.0. The Kier molecular flexibility index (Phi) is 11.8. The second-order valence-corrected chi connectivity index (χ2v) is 8.89. The van der Waals surface area contributed by atoms with Gasteiger partial charge in [-0.25, -0.2) is 13.6 Å². The summed E-state index contributed by atoms with van der Waals surface area (Å²) in [4.78, 5) is 18.2. The monoisotopic (exact) mass is 516 g/mol. The molecule has 11 heteroatoms. The third-order valence-electron chi connectivity index (χ3n) is 5.25. The maximum Gasteiger partial charge on any atom is 0.321 e. The lowest BCUT2D eigenvalue weighted by molar-refractivity contribution is 0.164. The lowest BCUT2D eigenvalue weighted by Gasteiger charge is -2.32. The summed E-state index contributed by atoms with van der Waals surface area (Å²) < 4.78 is 25.3. The molecule has 0 unspecified atom stereocenters. The molecular formula is C23H32Cl2F2N6O. The van der Waals surface area contributed by atoms with Crippen molar-refractivity contribution in [1.82, 2.24) is 20.0 Å². The molecule has 2 saturated heterocycles. The van der Waals surface area contributed by atoms with Crippen LogP contribution in [0.1, 0.15) is 0 Å². The molecule has 0 atom stereocenters. The van der Waals surface area contributed by atoms with Gasteiger partial charge in [-0.3, -0.25) is 0 Å². The predicted octanol–water partition coefficient (Wildman–Crippen LogP) is 3.84. The number of rotatable bonds is 1. The van der Waals surface area contributed by atoms with Gasteiger partial charge in [0.1, 0.15) is 11.6 Å². The minimum absolute atomic E-state index is 0.00572. The average molecular weight is 517 g/mol. The van der Waals surface area contributed by atoms with E-state index in [2.05, 4.69) is 27.5 Å². The highest BCUT2D eigenvalue weighted by atomic mass is 35.5. The second-order valence-electron chi connectivity index (χ2n) is 8.08. The number of nitrogens with zero attached hydrogens (tertiary/aromatic N) is 3. The minimum atomic E-state index is -0.491. The number of anilines is 2. The number of hydrogen-bond acceptors (Lipinski definition) is 5. The molecule has 0 saturated carbocycles. The first-order valence-corrected chi connectivity index (χ1v) is 11.7. The van der Waals surface area contributed by atoms with Crippen LogP contribution in [0, 0.1) is 11.6 Å². The van der Waals surface area contributed by atoms with Gasteiger partial charge in [0, 0.05) is 63.7 Å². The summed E-state index contributed by atoms with van der Waals surface area (Å²) >= 11 is 11.0. The van der Waals surface area contributed by atoms with Gasteiger partial charge in [0.25, 0.3) is 0 Å². The number of amides is 2. The largest absolute Gasteiger partial charge is 0.399 e. The van der Waals surface area contributed by atoms with Gasteiger partial charge in [0.15, 0.2) is 0 Å². The number of nitrogens with two attached hydrogens (primary N) is 1. The number of nitrogen functional groups attached to an aromatic ring is 1. The molecular weight excluding hydrogens is 485 g/mol. The molecule has 2 amide bonds. The molecule has 0 spiro atoms. The fourth-order valence-electron chi connectivity index (χ4n) is 3.07. The van der Waals surface area contributed by atoms with Crippen LogP contribution in [0.15, 0.2) is 36.4 Å². The van der Waals surface area contributed by atoms with Gasteiger partial charge in [-0.15, -0.1) is 0 Å². The molecule has 2 aromatic carbocycles. The lowest BCUT2D eigenvalue weighted by atomic mass is 10.3. The first-order valence-electron chi connectivity index (χ1n) is 10.9. The van der Waals surface area contributed by atoms with E-state index >= 15 is 0 Å². The van der Waals surface area contributed by atoms with Crippen molar-refractivity contribution in [1.29, 1.82) is 0 Å². The average Bonchev–Trinajstić information content (AvgIpc) is 2.81. The SMILES string of the molecule is CN1CCN(C(=O)Nc2ccc(F)c(Cl)c2)CC1.CN1CCNCC1.Nc1ccc(F)c(Cl)c1. The molecule has 4 N–H and O–H groups in total. The number of benzene rings is 2. The van der Waals surface area contributed by atoms with Crippen molar-refractivity contribution in [3.63, 3.8) is 0 Å². The highest BCUT2D eigenvalue weighted by Crippen LogP contribution is 2.20. The van der Waals surface area contributed by atoms with Gasteiger partial charge in [0.05, 0.1) is 10.0 Å². The fourth-order valence-corrected chi connectivity index (χ4v) is 3.44. The molecule has 4 rings (SSSR count). The highest BCUT2D eigenvalue weighted by molar-refractivity contribution is 6.31. The van der Waals surface area contributed by atoms with Gasteiger partial charge in [-0.2, -0.15) is 0 Å². The Labute approximate surface area is 209 Å². The first kappa shape index (κ1) is 28.1. The Hall–Kier alpha value is -2.17. The summed E-state index contributed by atoms with van der Waals surface area (Å²) in [6, 6.07) is 8.03. The van der Waals surface area contributed by atoms with E-state index < -0.39 is 11.6 Å². The number of halogens is 4. The van der Waals surface area contributed by atoms with Crippen LogP contribution in [0.5, 0.6) is 0 Å². The Morgan fingerprint density at radius 2 is 1.41 bits per heavy atom. The molecule has 0 aliphatic carbocycles. The zero-order valence-corrected chi connectivity index (χ0v) is 21.0. The van der Waals surface area contributed by atoms with Gasteiger partial charge in [-0.05, 0) is 50.5 Å². The van der Waals surface area contributed by atoms with Crippen molar-refractivity contribution in [2.75, 3.05) is 77.5 Å². The van der Waals surface area contributed by atoms with Crippen molar-refractivity contribution in [3.8, 4) is 0 Å². The number of nitrogens with one attached hydrogen (secondary N) is 2. The molecule has 2 fully saturated rings. The van der Waals surface area contributed by atoms with Crippen molar-refractivity contribution >= 4 is 40.6 Å². The number of urea groups is 1. The van der Waals surface area contributed by atoms with Gasteiger partial charge in [0.2, 0.25) is 0 Å². The number of carbonyl (C=O) groups excluding carboxylic acids is 1. The highest BCUT2D eigenvalue weighted by Gasteiger charge is 2.19. The lowest BCUT2D eigenvalue weighted by Crippen LogP contribution is -2.48. The van der Waals surface area contributed by atoms with Gasteiger partial charge < -0.3 is 31.1 Å². The molecule has 0 aromatic heterocycles. The Morgan fingerprint density at radius 1 is 0.882 bits per heavy atom. The van der Waals surface area contributed by atoms with Gasteiger partial charge in [-0.1, -0.05) is 23.2 Å². The fraction of sp³-hybridized carbons (Fsp3) is 0.435. The third kappa shape index (κ3) is 9.99. The van der Waals surface area contributed by atoms with Crippen LogP contribution in [-0.2, 0) is 0 Å². The number of carbonyl (C=O) groups is 1. The second kappa shape index (κ2) is 14.3. The topological polar surface area (TPSA) is 76.9 Å².